The third kappa shape index (κ3) is 7.06. The summed E-state index contributed by atoms with van der Waals surface area (Å²) in [5, 5.41) is 6.46. The summed E-state index contributed by atoms with van der Waals surface area (Å²) in [6.45, 7) is 8.05. The lowest BCUT2D eigenvalue weighted by Crippen LogP contribution is -2.30. The highest BCUT2D eigenvalue weighted by Gasteiger charge is 2.11. The van der Waals surface area contributed by atoms with Crippen LogP contribution in [0.4, 0.5) is 11.4 Å². The summed E-state index contributed by atoms with van der Waals surface area (Å²) in [7, 11) is 0. The van der Waals surface area contributed by atoms with Crippen molar-refractivity contribution < 1.29 is 4.79 Å². The number of nitrogens with zero attached hydrogens (tertiary/aromatic N) is 2. The molecule has 0 aliphatic carbocycles. The number of hydrogen-bond donors (Lipinski definition) is 2. The quantitative estimate of drug-likeness (QED) is 0.398. The molecule has 0 atom stereocenters. The van der Waals surface area contributed by atoms with Crippen LogP contribution < -0.4 is 10.6 Å². The summed E-state index contributed by atoms with van der Waals surface area (Å²) in [6.07, 6.45) is 8.62. The van der Waals surface area contributed by atoms with Gasteiger partial charge in [-0.05, 0) is 73.6 Å². The molecule has 5 heteroatoms. The van der Waals surface area contributed by atoms with Crippen molar-refractivity contribution in [1.82, 2.24) is 15.2 Å². The second-order valence-electron chi connectivity index (χ2n) is 7.55. The van der Waals surface area contributed by atoms with Gasteiger partial charge in [-0.1, -0.05) is 50.3 Å². The lowest BCUT2D eigenvalue weighted by atomic mass is 10.1. The molecule has 0 radical (unpaired) electrons. The SMILES string of the molecule is CCN(CC)CCCNC(=O)c1ccccc1Nc1cccc(C=Cc2ccncc2)c1. The molecule has 3 rings (SSSR count). The molecule has 5 nitrogen and oxygen atoms in total. The van der Waals surface area contributed by atoms with Gasteiger partial charge in [0.2, 0.25) is 0 Å². The third-order valence-electron chi connectivity index (χ3n) is 5.34. The molecule has 1 heterocycles. The summed E-state index contributed by atoms with van der Waals surface area (Å²) >= 11 is 0. The Morgan fingerprint density at radius 2 is 1.69 bits per heavy atom. The maximum absolute atomic E-state index is 12.8. The smallest absolute Gasteiger partial charge is 0.253 e. The fraction of sp³-hybridized carbons (Fsp3) is 0.259. The molecule has 3 aromatic rings. The van der Waals surface area contributed by atoms with Crippen molar-refractivity contribution in [2.45, 2.75) is 20.3 Å². The molecule has 0 aliphatic heterocycles. The normalized spacial score (nSPS) is 11.1. The van der Waals surface area contributed by atoms with Gasteiger partial charge >= 0.3 is 0 Å². The number of aromatic nitrogens is 1. The summed E-state index contributed by atoms with van der Waals surface area (Å²) in [5.41, 5.74) is 4.55. The van der Waals surface area contributed by atoms with E-state index in [0.717, 1.165) is 48.6 Å². The first-order valence-corrected chi connectivity index (χ1v) is 11.2. The predicted octanol–water partition coefficient (Wildman–Crippen LogP) is 5.46. The zero-order valence-electron chi connectivity index (χ0n) is 18.9. The van der Waals surface area contributed by atoms with E-state index in [2.05, 4.69) is 58.6 Å². The number of anilines is 2. The molecule has 0 bridgehead atoms. The van der Waals surface area contributed by atoms with Crippen molar-refractivity contribution in [2.24, 2.45) is 0 Å². The Balaban J connectivity index is 1.63. The number of rotatable bonds is 11. The molecule has 2 aromatic carbocycles. The van der Waals surface area contributed by atoms with Crippen LogP contribution >= 0.6 is 0 Å². The Hall–Kier alpha value is -3.44. The topological polar surface area (TPSA) is 57.3 Å². The van der Waals surface area contributed by atoms with Gasteiger partial charge in [0, 0.05) is 24.6 Å². The predicted molar refractivity (Wildman–Crippen MR) is 134 cm³/mol. The molecule has 0 unspecified atom stereocenters. The molecular formula is C27H32N4O. The van der Waals surface area contributed by atoms with Crippen LogP contribution in [0.25, 0.3) is 12.2 Å². The Morgan fingerprint density at radius 1 is 0.938 bits per heavy atom. The Labute approximate surface area is 191 Å². The van der Waals surface area contributed by atoms with Gasteiger partial charge in [-0.15, -0.1) is 0 Å². The van der Waals surface area contributed by atoms with Crippen LogP contribution in [0.5, 0.6) is 0 Å². The first kappa shape index (κ1) is 23.2. The van der Waals surface area contributed by atoms with E-state index < -0.39 is 0 Å². The molecular weight excluding hydrogens is 396 g/mol. The number of amides is 1. The zero-order valence-corrected chi connectivity index (χ0v) is 18.9. The minimum absolute atomic E-state index is 0.0543. The third-order valence-corrected chi connectivity index (χ3v) is 5.34. The fourth-order valence-electron chi connectivity index (χ4n) is 3.47. The number of carbonyl (C=O) groups is 1. The highest BCUT2D eigenvalue weighted by molar-refractivity contribution is 6.00. The van der Waals surface area contributed by atoms with E-state index in [0.29, 0.717) is 12.1 Å². The Kier molecular flexibility index (Phi) is 9.02. The van der Waals surface area contributed by atoms with Crippen LogP contribution in [0, 0.1) is 0 Å². The van der Waals surface area contributed by atoms with Gasteiger partial charge in [0.1, 0.15) is 0 Å². The fourth-order valence-corrected chi connectivity index (χ4v) is 3.47. The van der Waals surface area contributed by atoms with Crippen LogP contribution in [0.2, 0.25) is 0 Å². The second-order valence-corrected chi connectivity index (χ2v) is 7.55. The maximum Gasteiger partial charge on any atom is 0.253 e. The van der Waals surface area contributed by atoms with Gasteiger partial charge in [0.05, 0.1) is 11.3 Å². The number of pyridine rings is 1. The number of carbonyl (C=O) groups excluding carboxylic acids is 1. The summed E-state index contributed by atoms with van der Waals surface area (Å²) < 4.78 is 0. The monoisotopic (exact) mass is 428 g/mol. The van der Waals surface area contributed by atoms with Crippen molar-refractivity contribution in [3.8, 4) is 0 Å². The largest absolute Gasteiger partial charge is 0.355 e. The van der Waals surface area contributed by atoms with Gasteiger partial charge in [0.15, 0.2) is 0 Å². The maximum atomic E-state index is 12.8. The molecule has 0 fully saturated rings. The molecule has 166 valence electrons. The van der Waals surface area contributed by atoms with E-state index in [4.69, 9.17) is 0 Å². The molecule has 0 spiro atoms. The van der Waals surface area contributed by atoms with E-state index in [9.17, 15) is 4.79 Å². The Bertz CT molecular complexity index is 1010. The molecule has 0 aliphatic rings. The van der Waals surface area contributed by atoms with E-state index in [1.165, 1.54) is 0 Å². The number of nitrogens with one attached hydrogen (secondary N) is 2. The van der Waals surface area contributed by atoms with E-state index in [1.54, 1.807) is 12.4 Å². The number of para-hydroxylation sites is 1. The van der Waals surface area contributed by atoms with E-state index in [-0.39, 0.29) is 5.91 Å². The van der Waals surface area contributed by atoms with Crippen LogP contribution in [0.1, 0.15) is 41.8 Å². The van der Waals surface area contributed by atoms with Crippen molar-refractivity contribution >= 4 is 29.4 Å². The van der Waals surface area contributed by atoms with Gasteiger partial charge in [-0.2, -0.15) is 0 Å². The molecule has 0 saturated carbocycles. The second kappa shape index (κ2) is 12.4. The number of hydrogen-bond acceptors (Lipinski definition) is 4. The first-order valence-electron chi connectivity index (χ1n) is 11.2. The summed E-state index contributed by atoms with van der Waals surface area (Å²) in [6, 6.07) is 19.7. The lowest BCUT2D eigenvalue weighted by molar-refractivity contribution is 0.0952. The van der Waals surface area contributed by atoms with Gasteiger partial charge < -0.3 is 15.5 Å². The highest BCUT2D eigenvalue weighted by atomic mass is 16.1. The minimum Gasteiger partial charge on any atom is -0.355 e. The molecule has 1 amide bonds. The van der Waals surface area contributed by atoms with Gasteiger partial charge in [-0.3, -0.25) is 9.78 Å². The average molecular weight is 429 g/mol. The van der Waals surface area contributed by atoms with Crippen LogP contribution in [0.3, 0.4) is 0 Å². The van der Waals surface area contributed by atoms with Crippen LogP contribution in [0.15, 0.2) is 73.1 Å². The van der Waals surface area contributed by atoms with Crippen molar-refractivity contribution in [3.05, 3.63) is 89.7 Å². The lowest BCUT2D eigenvalue weighted by Gasteiger charge is -2.18. The van der Waals surface area contributed by atoms with Crippen molar-refractivity contribution in [3.63, 3.8) is 0 Å². The summed E-state index contributed by atoms with van der Waals surface area (Å²) in [5.74, 6) is -0.0543. The Morgan fingerprint density at radius 3 is 2.47 bits per heavy atom. The summed E-state index contributed by atoms with van der Waals surface area (Å²) in [4.78, 5) is 19.2. The van der Waals surface area contributed by atoms with E-state index in [1.807, 2.05) is 48.5 Å². The van der Waals surface area contributed by atoms with Crippen LogP contribution in [-0.4, -0.2) is 42.0 Å². The first-order chi connectivity index (χ1) is 15.7. The highest BCUT2D eigenvalue weighted by Crippen LogP contribution is 2.22. The van der Waals surface area contributed by atoms with Gasteiger partial charge in [0.25, 0.3) is 5.91 Å². The minimum atomic E-state index is -0.0543. The van der Waals surface area contributed by atoms with Crippen LogP contribution in [-0.2, 0) is 0 Å². The van der Waals surface area contributed by atoms with E-state index >= 15 is 0 Å². The molecule has 1 aromatic heterocycles. The standard InChI is InChI=1S/C27H32N4O/c1-3-31(4-2)20-8-17-29-27(32)25-11-5-6-12-26(25)30-24-10-7-9-23(21-24)14-13-22-15-18-28-19-16-22/h5-7,9-16,18-19,21,30H,3-4,8,17,20H2,1-2H3,(H,29,32). The zero-order chi connectivity index (χ0) is 22.6. The molecule has 32 heavy (non-hydrogen) atoms. The molecule has 2 N–H and O–H groups in total. The molecule has 0 saturated heterocycles. The van der Waals surface area contributed by atoms with Gasteiger partial charge in [-0.25, -0.2) is 0 Å². The van der Waals surface area contributed by atoms with Crippen molar-refractivity contribution in [2.75, 3.05) is 31.5 Å². The van der Waals surface area contributed by atoms with Crippen molar-refractivity contribution in [1.29, 1.82) is 0 Å². The average Bonchev–Trinajstić information content (AvgIpc) is 2.84. The number of benzene rings is 2.